The fraction of sp³-hybridized carbons (Fsp3) is 0.176. The normalized spacial score (nSPS) is 13.2. The smallest absolute Gasteiger partial charge is 0.242 e. The maximum Gasteiger partial charge on any atom is 0.242 e. The van der Waals surface area contributed by atoms with E-state index < -0.39 is 16.1 Å². The number of methoxy groups -OCH3 is 1. The predicted molar refractivity (Wildman–Crippen MR) is 97.6 cm³/mol. The minimum Gasteiger partial charge on any atom is -0.458 e. The number of sulfonamides is 1. The molecule has 0 spiro atoms. The van der Waals surface area contributed by atoms with Gasteiger partial charge in [-0.1, -0.05) is 41.4 Å². The Labute approximate surface area is 155 Å². The monoisotopic (exact) mass is 399 g/mol. The van der Waals surface area contributed by atoms with Crippen molar-refractivity contribution in [2.45, 2.75) is 11.0 Å². The third kappa shape index (κ3) is 3.99. The van der Waals surface area contributed by atoms with E-state index in [1.165, 1.54) is 25.3 Å². The average Bonchev–Trinajstić information content (AvgIpc) is 3.01. The van der Waals surface area contributed by atoms with Crippen LogP contribution in [0.2, 0.25) is 10.0 Å². The molecule has 5 nitrogen and oxygen atoms in total. The summed E-state index contributed by atoms with van der Waals surface area (Å²) in [6.45, 7) is -0.0124. The molecule has 25 heavy (non-hydrogen) atoms. The van der Waals surface area contributed by atoms with E-state index in [1.54, 1.807) is 0 Å². The Morgan fingerprint density at radius 1 is 1.16 bits per heavy atom. The molecule has 0 aliphatic heterocycles. The van der Waals surface area contributed by atoms with E-state index in [1.807, 2.05) is 30.3 Å². The second-order valence-corrected chi connectivity index (χ2v) is 7.92. The van der Waals surface area contributed by atoms with Gasteiger partial charge in [0.05, 0.1) is 5.02 Å². The molecule has 0 aliphatic carbocycles. The zero-order valence-corrected chi connectivity index (χ0v) is 15.5. The van der Waals surface area contributed by atoms with E-state index in [0.717, 1.165) is 5.39 Å². The maximum absolute atomic E-state index is 12.5. The molecule has 1 N–H and O–H groups in total. The molecule has 0 amide bonds. The van der Waals surface area contributed by atoms with Crippen LogP contribution >= 0.6 is 23.2 Å². The first kappa shape index (κ1) is 18.2. The minimum absolute atomic E-state index is 0.0124. The van der Waals surface area contributed by atoms with Gasteiger partial charge in [0, 0.05) is 24.1 Å². The fourth-order valence-corrected chi connectivity index (χ4v) is 4.20. The number of halogens is 2. The summed E-state index contributed by atoms with van der Waals surface area (Å²) in [6, 6.07) is 13.6. The molecule has 2 aromatic carbocycles. The summed E-state index contributed by atoms with van der Waals surface area (Å²) in [7, 11) is -2.36. The second kappa shape index (κ2) is 7.35. The molecule has 0 aliphatic rings. The second-order valence-electron chi connectivity index (χ2n) is 5.34. The van der Waals surface area contributed by atoms with Crippen LogP contribution in [0.3, 0.4) is 0 Å². The van der Waals surface area contributed by atoms with Crippen molar-refractivity contribution in [3.05, 3.63) is 64.3 Å². The molecule has 0 saturated heterocycles. The van der Waals surface area contributed by atoms with Crippen LogP contribution in [0.5, 0.6) is 0 Å². The van der Waals surface area contributed by atoms with Crippen molar-refractivity contribution in [2.24, 2.45) is 0 Å². The molecular formula is C17H15Cl2NO4S. The van der Waals surface area contributed by atoms with Crippen LogP contribution in [0.4, 0.5) is 0 Å². The first-order chi connectivity index (χ1) is 11.9. The topological polar surface area (TPSA) is 68.5 Å². The Morgan fingerprint density at radius 3 is 2.64 bits per heavy atom. The third-order valence-corrected chi connectivity index (χ3v) is 5.83. The summed E-state index contributed by atoms with van der Waals surface area (Å²) >= 11 is 11.8. The molecule has 1 aromatic heterocycles. The molecule has 1 atom stereocenters. The van der Waals surface area contributed by atoms with Gasteiger partial charge in [0.1, 0.15) is 22.3 Å². The molecule has 0 bridgehead atoms. The lowest BCUT2D eigenvalue weighted by atomic mass is 10.2. The molecular weight excluding hydrogens is 385 g/mol. The summed E-state index contributed by atoms with van der Waals surface area (Å²) in [6.07, 6.45) is -0.583. The van der Waals surface area contributed by atoms with Crippen LogP contribution in [0, 0.1) is 0 Å². The lowest BCUT2D eigenvalue weighted by molar-refractivity contribution is 0.0893. The molecule has 132 valence electrons. The van der Waals surface area contributed by atoms with Crippen LogP contribution in [-0.2, 0) is 14.8 Å². The van der Waals surface area contributed by atoms with Gasteiger partial charge in [0.25, 0.3) is 0 Å². The van der Waals surface area contributed by atoms with Crippen LogP contribution < -0.4 is 4.72 Å². The molecule has 0 unspecified atom stereocenters. The van der Waals surface area contributed by atoms with Gasteiger partial charge in [-0.2, -0.15) is 0 Å². The van der Waals surface area contributed by atoms with Gasteiger partial charge in [-0.3, -0.25) is 0 Å². The molecule has 3 aromatic rings. The van der Waals surface area contributed by atoms with Crippen molar-refractivity contribution < 1.29 is 17.6 Å². The molecule has 8 heteroatoms. The first-order valence-corrected chi connectivity index (χ1v) is 9.60. The highest BCUT2D eigenvalue weighted by molar-refractivity contribution is 7.89. The van der Waals surface area contributed by atoms with Crippen LogP contribution in [0.1, 0.15) is 11.9 Å². The molecule has 3 rings (SSSR count). The van der Waals surface area contributed by atoms with Gasteiger partial charge < -0.3 is 9.15 Å². The van der Waals surface area contributed by atoms with Crippen molar-refractivity contribution in [1.82, 2.24) is 4.72 Å². The van der Waals surface area contributed by atoms with Gasteiger partial charge in [-0.25, -0.2) is 13.1 Å². The van der Waals surface area contributed by atoms with Crippen molar-refractivity contribution >= 4 is 44.2 Å². The Morgan fingerprint density at radius 2 is 1.92 bits per heavy atom. The van der Waals surface area contributed by atoms with E-state index in [0.29, 0.717) is 11.3 Å². The molecule has 0 radical (unpaired) electrons. The Balaban J connectivity index is 1.81. The lowest BCUT2D eigenvalue weighted by Crippen LogP contribution is -2.29. The quantitative estimate of drug-likeness (QED) is 0.666. The molecule has 0 fully saturated rings. The summed E-state index contributed by atoms with van der Waals surface area (Å²) < 4.78 is 38.6. The average molecular weight is 400 g/mol. The van der Waals surface area contributed by atoms with Gasteiger partial charge in [-0.15, -0.1) is 0 Å². The Bertz CT molecular complexity index is 968. The summed E-state index contributed by atoms with van der Waals surface area (Å²) in [5.41, 5.74) is 0.709. The number of rotatable bonds is 6. The maximum atomic E-state index is 12.5. The van der Waals surface area contributed by atoms with E-state index >= 15 is 0 Å². The minimum atomic E-state index is -3.84. The lowest BCUT2D eigenvalue weighted by Gasteiger charge is -2.14. The van der Waals surface area contributed by atoms with Crippen molar-refractivity contribution in [1.29, 1.82) is 0 Å². The summed E-state index contributed by atoms with van der Waals surface area (Å²) in [4.78, 5) is -0.0823. The summed E-state index contributed by atoms with van der Waals surface area (Å²) in [5, 5.41) is 1.29. The highest BCUT2D eigenvalue weighted by Crippen LogP contribution is 2.27. The number of para-hydroxylation sites is 1. The number of hydrogen-bond acceptors (Lipinski definition) is 4. The van der Waals surface area contributed by atoms with Crippen molar-refractivity contribution in [3.63, 3.8) is 0 Å². The zero-order chi connectivity index (χ0) is 18.0. The highest BCUT2D eigenvalue weighted by atomic mass is 35.5. The SMILES string of the molecule is CO[C@H](CNS(=O)(=O)c1cc(Cl)ccc1Cl)c1cc2ccccc2o1. The van der Waals surface area contributed by atoms with E-state index in [-0.39, 0.29) is 21.5 Å². The van der Waals surface area contributed by atoms with Gasteiger partial charge in [-0.05, 0) is 30.3 Å². The van der Waals surface area contributed by atoms with Gasteiger partial charge >= 0.3 is 0 Å². The Hall–Kier alpha value is -1.57. The predicted octanol–water partition coefficient (Wildman–Crippen LogP) is 4.41. The summed E-state index contributed by atoms with van der Waals surface area (Å²) in [5.74, 6) is 0.531. The molecule has 1 heterocycles. The fourth-order valence-electron chi connectivity index (χ4n) is 2.41. The number of ether oxygens (including phenoxy) is 1. The highest BCUT2D eigenvalue weighted by Gasteiger charge is 2.22. The number of furan rings is 1. The van der Waals surface area contributed by atoms with Crippen LogP contribution in [0.25, 0.3) is 11.0 Å². The van der Waals surface area contributed by atoms with Crippen LogP contribution in [0.15, 0.2) is 57.8 Å². The first-order valence-electron chi connectivity index (χ1n) is 7.36. The van der Waals surface area contributed by atoms with Gasteiger partial charge in [0.15, 0.2) is 0 Å². The molecule has 0 saturated carbocycles. The van der Waals surface area contributed by atoms with Crippen molar-refractivity contribution in [3.8, 4) is 0 Å². The number of fused-ring (bicyclic) bond motifs is 1. The van der Waals surface area contributed by atoms with Crippen LogP contribution in [-0.4, -0.2) is 22.1 Å². The van der Waals surface area contributed by atoms with E-state index in [4.69, 9.17) is 32.4 Å². The third-order valence-electron chi connectivity index (χ3n) is 3.69. The van der Waals surface area contributed by atoms with Gasteiger partial charge in [0.2, 0.25) is 10.0 Å². The number of hydrogen-bond donors (Lipinski definition) is 1. The number of benzene rings is 2. The zero-order valence-electron chi connectivity index (χ0n) is 13.2. The van der Waals surface area contributed by atoms with E-state index in [2.05, 4.69) is 4.72 Å². The van der Waals surface area contributed by atoms with Crippen molar-refractivity contribution in [2.75, 3.05) is 13.7 Å². The van der Waals surface area contributed by atoms with E-state index in [9.17, 15) is 8.42 Å². The Kier molecular flexibility index (Phi) is 5.36. The standard InChI is InChI=1S/C17H15Cl2NO4S/c1-23-16(15-8-11-4-2-3-5-14(11)24-15)10-20-25(21,22)17-9-12(18)6-7-13(17)19/h2-9,16,20H,10H2,1H3/t16-/m1/s1. The number of nitrogens with one attached hydrogen (secondary N) is 1. The largest absolute Gasteiger partial charge is 0.458 e.